The largest absolute Gasteiger partial charge is 0.508 e. The summed E-state index contributed by atoms with van der Waals surface area (Å²) < 4.78 is 38.3. The molecule has 2 bridgehead atoms. The zero-order valence-electron chi connectivity index (χ0n) is 28.0. The molecular weight excluding hydrogens is 656 g/mol. The summed E-state index contributed by atoms with van der Waals surface area (Å²) in [6.07, 6.45) is 14.0. The van der Waals surface area contributed by atoms with Crippen LogP contribution in [0.1, 0.15) is 44.1 Å². The first-order valence-electron chi connectivity index (χ1n) is 17.3. The third-order valence-corrected chi connectivity index (χ3v) is 11.0. The molecular formula is C38H37F2N7O4. The number of phenols is 1. The van der Waals surface area contributed by atoms with Crippen LogP contribution in [0.2, 0.25) is 0 Å². The Hall–Kier alpha value is -5.35. The second-order valence-corrected chi connectivity index (χ2v) is 13.9. The summed E-state index contributed by atoms with van der Waals surface area (Å²) in [5.41, 5.74) is -0.252. The zero-order chi connectivity index (χ0) is 35.4. The third-order valence-electron chi connectivity index (χ3n) is 11.0. The number of hydrogen-bond donors (Lipinski definition) is 2. The summed E-state index contributed by atoms with van der Waals surface area (Å²) in [5.74, 6) is 0.602. The third kappa shape index (κ3) is 5.58. The van der Waals surface area contributed by atoms with Gasteiger partial charge in [-0.25, -0.2) is 8.78 Å². The molecule has 11 nitrogen and oxygen atoms in total. The number of nitrogens with one attached hydrogen (secondary N) is 1. The van der Waals surface area contributed by atoms with Crippen molar-refractivity contribution >= 4 is 39.3 Å². The van der Waals surface area contributed by atoms with Gasteiger partial charge < -0.3 is 25.0 Å². The summed E-state index contributed by atoms with van der Waals surface area (Å²) in [6, 6.07) is 5.16. The fourth-order valence-corrected chi connectivity index (χ4v) is 8.74. The molecule has 4 fully saturated rings. The van der Waals surface area contributed by atoms with Gasteiger partial charge in [-0.15, -0.1) is 6.42 Å². The van der Waals surface area contributed by atoms with Crippen LogP contribution in [0.3, 0.4) is 0 Å². The van der Waals surface area contributed by atoms with Crippen LogP contribution in [0.15, 0.2) is 43.1 Å². The van der Waals surface area contributed by atoms with E-state index in [1.165, 1.54) is 30.5 Å². The molecule has 4 aliphatic heterocycles. The zero-order valence-corrected chi connectivity index (χ0v) is 28.0. The molecule has 262 valence electrons. The van der Waals surface area contributed by atoms with E-state index in [0.717, 1.165) is 57.7 Å². The number of hydrogen-bond acceptors (Lipinski definition) is 9. The number of carbonyl (C=O) groups excluding carboxylic acids is 2. The quantitative estimate of drug-likeness (QED) is 0.206. The van der Waals surface area contributed by atoms with Crippen molar-refractivity contribution in [3.8, 4) is 35.4 Å². The van der Waals surface area contributed by atoms with Crippen molar-refractivity contribution in [3.05, 3.63) is 60.3 Å². The number of aromatic hydroxyl groups is 1. The second kappa shape index (κ2) is 12.8. The minimum atomic E-state index is -0.795. The molecule has 2 atom stereocenters. The Balaban J connectivity index is 1.21. The molecule has 2 unspecified atom stereocenters. The highest BCUT2D eigenvalue weighted by Crippen LogP contribution is 2.42. The number of pyridine rings is 1. The normalized spacial score (nSPS) is 20.8. The van der Waals surface area contributed by atoms with Gasteiger partial charge in [0.05, 0.1) is 23.0 Å². The molecule has 8 rings (SSSR count). The van der Waals surface area contributed by atoms with Crippen molar-refractivity contribution < 1.29 is 28.2 Å². The number of fused-ring (bicyclic) bond motifs is 5. The van der Waals surface area contributed by atoms with Gasteiger partial charge in [-0.05, 0) is 81.3 Å². The van der Waals surface area contributed by atoms with E-state index in [0.29, 0.717) is 36.3 Å². The maximum atomic E-state index is 17.0. The molecule has 2 N–H and O–H groups in total. The fourth-order valence-electron chi connectivity index (χ4n) is 8.74. The maximum absolute atomic E-state index is 17.0. The number of nitrogens with zero attached hydrogens (tertiary/aromatic N) is 6. The smallest absolute Gasteiger partial charge is 0.319 e. The lowest BCUT2D eigenvalue weighted by molar-refractivity contribution is -0.135. The topological polar surface area (TPSA) is 124 Å². The van der Waals surface area contributed by atoms with Gasteiger partial charge in [0.25, 0.3) is 0 Å². The standard InChI is InChI=1S/C38H37F2N7O4/c1-3-26-29(39)10-7-22-15-25(48)16-27(32(22)26)34-33(40)35-28(17-42-34)36(44-37(43-35)51-21-38-11-5-13-46(38)14-6-12-38)45-19-23-8-9-24(20-45)47(23)31(50)18-41-30(49)4-2/h1,4,7,10,15-17,23-24,48H,2,5-6,8-9,11-14,18-21H2,(H,41,49). The average Bonchev–Trinajstić information content (AvgIpc) is 3.80. The Kier molecular flexibility index (Phi) is 8.21. The highest BCUT2D eigenvalue weighted by molar-refractivity contribution is 6.03. The fraction of sp³-hybridized carbons (Fsp3) is 0.395. The highest BCUT2D eigenvalue weighted by Gasteiger charge is 2.46. The van der Waals surface area contributed by atoms with Crippen molar-refractivity contribution in [1.29, 1.82) is 0 Å². The van der Waals surface area contributed by atoms with Crippen LogP contribution in [-0.4, -0.2) is 98.6 Å². The summed E-state index contributed by atoms with van der Waals surface area (Å²) >= 11 is 0. The number of rotatable bonds is 8. The molecule has 0 radical (unpaired) electrons. The first-order valence-corrected chi connectivity index (χ1v) is 17.3. The van der Waals surface area contributed by atoms with Crippen LogP contribution >= 0.6 is 0 Å². The molecule has 0 saturated carbocycles. The monoisotopic (exact) mass is 693 g/mol. The van der Waals surface area contributed by atoms with E-state index in [1.807, 2.05) is 9.80 Å². The summed E-state index contributed by atoms with van der Waals surface area (Å²) in [5, 5.41) is 14.2. The second-order valence-electron chi connectivity index (χ2n) is 13.9. The number of terminal acetylenes is 1. The van der Waals surface area contributed by atoms with E-state index in [1.54, 1.807) is 0 Å². The van der Waals surface area contributed by atoms with Crippen LogP contribution in [0.5, 0.6) is 11.8 Å². The number of phenolic OH excluding ortho intramolecular Hbond substituents is 1. The van der Waals surface area contributed by atoms with Crippen molar-refractivity contribution in [2.45, 2.75) is 56.1 Å². The van der Waals surface area contributed by atoms with Crippen molar-refractivity contribution in [2.75, 3.05) is 44.2 Å². The van der Waals surface area contributed by atoms with Crippen molar-refractivity contribution in [3.63, 3.8) is 0 Å². The predicted octanol–water partition coefficient (Wildman–Crippen LogP) is 4.30. The maximum Gasteiger partial charge on any atom is 0.319 e. The number of aromatic nitrogens is 3. The molecule has 2 aromatic carbocycles. The van der Waals surface area contributed by atoms with Gasteiger partial charge in [0.2, 0.25) is 11.8 Å². The van der Waals surface area contributed by atoms with E-state index in [4.69, 9.17) is 16.1 Å². The lowest BCUT2D eigenvalue weighted by atomic mass is 9.95. The molecule has 4 aromatic rings. The van der Waals surface area contributed by atoms with Crippen LogP contribution in [-0.2, 0) is 9.59 Å². The molecule has 51 heavy (non-hydrogen) atoms. The SMILES string of the molecule is C#Cc1c(F)ccc2cc(O)cc(-c3ncc4c(N5CC6CCC(C5)N6C(=O)CNC(=O)C=C)nc(OCC56CCCN5CCC6)nc4c3F)c12. The summed E-state index contributed by atoms with van der Waals surface area (Å²) in [7, 11) is 0. The van der Waals surface area contributed by atoms with E-state index in [2.05, 4.69) is 32.7 Å². The molecule has 0 spiro atoms. The summed E-state index contributed by atoms with van der Waals surface area (Å²) in [6.45, 7) is 6.55. The predicted molar refractivity (Wildman–Crippen MR) is 187 cm³/mol. The van der Waals surface area contributed by atoms with Gasteiger partial charge in [0.1, 0.15) is 35.2 Å². The number of ether oxygens (including phenoxy) is 1. The highest BCUT2D eigenvalue weighted by atomic mass is 19.1. The lowest BCUT2D eigenvalue weighted by Crippen LogP contribution is -2.57. The number of carbonyl (C=O) groups is 2. The van der Waals surface area contributed by atoms with Crippen molar-refractivity contribution in [2.24, 2.45) is 0 Å². The Morgan fingerprint density at radius 2 is 1.88 bits per heavy atom. The minimum Gasteiger partial charge on any atom is -0.508 e. The van der Waals surface area contributed by atoms with Crippen molar-refractivity contribution in [1.82, 2.24) is 30.1 Å². The molecule has 4 saturated heterocycles. The summed E-state index contributed by atoms with van der Waals surface area (Å²) in [4.78, 5) is 45.2. The Morgan fingerprint density at radius 1 is 1.14 bits per heavy atom. The minimum absolute atomic E-state index is 0.0239. The van der Waals surface area contributed by atoms with E-state index < -0.39 is 17.5 Å². The van der Waals surface area contributed by atoms with Gasteiger partial charge >= 0.3 is 6.01 Å². The number of amides is 2. The van der Waals surface area contributed by atoms with Crippen LogP contribution < -0.4 is 15.0 Å². The molecule has 4 aliphatic rings. The van der Waals surface area contributed by atoms with Gasteiger partial charge in [0, 0.05) is 42.3 Å². The van der Waals surface area contributed by atoms with Crippen LogP contribution in [0, 0.1) is 24.0 Å². The van der Waals surface area contributed by atoms with E-state index >= 15 is 4.39 Å². The Labute approximate surface area is 293 Å². The number of benzene rings is 2. The molecule has 13 heteroatoms. The Bertz CT molecular complexity index is 2130. The molecule has 2 aromatic heterocycles. The Morgan fingerprint density at radius 3 is 2.59 bits per heavy atom. The van der Waals surface area contributed by atoms with Gasteiger partial charge in [-0.2, -0.15) is 9.97 Å². The van der Waals surface area contributed by atoms with Gasteiger partial charge in [-0.1, -0.05) is 18.6 Å². The first kappa shape index (κ1) is 32.8. The van der Waals surface area contributed by atoms with E-state index in [9.17, 15) is 19.1 Å². The van der Waals surface area contributed by atoms with E-state index in [-0.39, 0.29) is 69.6 Å². The number of halogens is 2. The molecule has 6 heterocycles. The van der Waals surface area contributed by atoms with Crippen LogP contribution in [0.25, 0.3) is 32.9 Å². The van der Waals surface area contributed by atoms with Gasteiger partial charge in [0.15, 0.2) is 5.82 Å². The lowest BCUT2D eigenvalue weighted by Gasteiger charge is -2.42. The van der Waals surface area contributed by atoms with Gasteiger partial charge in [-0.3, -0.25) is 19.5 Å². The average molecular weight is 694 g/mol. The number of piperazine rings is 1. The molecule has 2 amide bonds. The number of anilines is 1. The van der Waals surface area contributed by atoms with Crippen LogP contribution in [0.4, 0.5) is 14.6 Å². The molecule has 0 aliphatic carbocycles. The first-order chi connectivity index (χ1) is 24.7.